The van der Waals surface area contributed by atoms with Gasteiger partial charge in [-0.05, 0) is 18.1 Å². The van der Waals surface area contributed by atoms with Gasteiger partial charge in [0.15, 0.2) is 0 Å². The first-order chi connectivity index (χ1) is 6.79. The average molecular weight is 192 g/mol. The summed E-state index contributed by atoms with van der Waals surface area (Å²) in [6, 6.07) is 8.92. The lowest BCUT2D eigenvalue weighted by atomic mass is 10.1. The quantitative estimate of drug-likeness (QED) is 0.735. The van der Waals surface area contributed by atoms with Gasteiger partial charge in [0.2, 0.25) is 0 Å². The van der Waals surface area contributed by atoms with Gasteiger partial charge in [0.1, 0.15) is 0 Å². The van der Waals surface area contributed by atoms with Gasteiger partial charge < -0.3 is 10.2 Å². The molecule has 0 aliphatic carbocycles. The largest absolute Gasteiger partial charge is 0.380 e. The molecule has 2 rings (SSSR count). The second-order valence-corrected chi connectivity index (χ2v) is 3.70. The van der Waals surface area contributed by atoms with E-state index in [2.05, 4.69) is 29.6 Å². The Bertz CT molecular complexity index is 289. The molecule has 3 heteroatoms. The van der Waals surface area contributed by atoms with Crippen molar-refractivity contribution in [2.24, 2.45) is 0 Å². The highest BCUT2D eigenvalue weighted by atomic mass is 16.7. The number of para-hydroxylation sites is 1. The van der Waals surface area contributed by atoms with Crippen LogP contribution in [0.5, 0.6) is 0 Å². The lowest BCUT2D eigenvalue weighted by Gasteiger charge is -2.18. The number of anilines is 1. The molecule has 0 radical (unpaired) electrons. The minimum Gasteiger partial charge on any atom is -0.380 e. The van der Waals surface area contributed by atoms with E-state index in [1.54, 1.807) is 7.11 Å². The van der Waals surface area contributed by atoms with Crippen molar-refractivity contribution in [1.29, 1.82) is 0 Å². The molecule has 1 aromatic rings. The van der Waals surface area contributed by atoms with Gasteiger partial charge >= 0.3 is 0 Å². The molecule has 0 saturated heterocycles. The van der Waals surface area contributed by atoms with Crippen LogP contribution < -0.4 is 5.32 Å². The summed E-state index contributed by atoms with van der Waals surface area (Å²) in [5, 5.41) is 5.33. The second kappa shape index (κ2) is 3.98. The molecule has 0 spiro atoms. The zero-order chi connectivity index (χ0) is 9.97. The lowest BCUT2D eigenvalue weighted by Crippen LogP contribution is -2.32. The molecule has 1 aliphatic rings. The molecule has 1 aliphatic heterocycles. The standard InChI is InChI=1S/C11H16N2O/c1-13(14-2)8-10-7-9-5-3-4-6-11(9)12-10/h3-6,10,12H,7-8H2,1-2H3. The van der Waals surface area contributed by atoms with E-state index < -0.39 is 0 Å². The molecule has 1 unspecified atom stereocenters. The van der Waals surface area contributed by atoms with Crippen molar-refractivity contribution in [2.75, 3.05) is 26.0 Å². The summed E-state index contributed by atoms with van der Waals surface area (Å²) in [5.41, 5.74) is 2.67. The van der Waals surface area contributed by atoms with Crippen LogP contribution in [0.3, 0.4) is 0 Å². The van der Waals surface area contributed by atoms with Crippen LogP contribution in [-0.2, 0) is 11.3 Å². The maximum absolute atomic E-state index is 5.10. The lowest BCUT2D eigenvalue weighted by molar-refractivity contribution is -0.110. The van der Waals surface area contributed by atoms with Gasteiger partial charge in [-0.15, -0.1) is 0 Å². The third-order valence-electron chi connectivity index (χ3n) is 2.63. The Morgan fingerprint density at radius 3 is 3.00 bits per heavy atom. The Morgan fingerprint density at radius 2 is 2.29 bits per heavy atom. The van der Waals surface area contributed by atoms with Crippen molar-refractivity contribution in [2.45, 2.75) is 12.5 Å². The summed E-state index contributed by atoms with van der Waals surface area (Å²) < 4.78 is 0. The molecule has 1 heterocycles. The van der Waals surface area contributed by atoms with Gasteiger partial charge in [0, 0.05) is 25.3 Å². The predicted octanol–water partition coefficient (Wildman–Crippen LogP) is 1.52. The molecular weight excluding hydrogens is 176 g/mol. The van der Waals surface area contributed by atoms with Crippen LogP contribution in [0.2, 0.25) is 0 Å². The van der Waals surface area contributed by atoms with Crippen LogP contribution >= 0.6 is 0 Å². The zero-order valence-corrected chi connectivity index (χ0v) is 8.66. The molecule has 1 N–H and O–H groups in total. The predicted molar refractivity (Wildman–Crippen MR) is 57.2 cm³/mol. The number of hydrogen-bond acceptors (Lipinski definition) is 3. The zero-order valence-electron chi connectivity index (χ0n) is 8.66. The fourth-order valence-corrected chi connectivity index (χ4v) is 1.87. The maximum atomic E-state index is 5.10. The number of nitrogens with one attached hydrogen (secondary N) is 1. The first-order valence-corrected chi connectivity index (χ1v) is 4.89. The Morgan fingerprint density at radius 1 is 1.50 bits per heavy atom. The summed E-state index contributed by atoms with van der Waals surface area (Å²) in [7, 11) is 3.65. The van der Waals surface area contributed by atoms with Gasteiger partial charge in [-0.25, -0.2) is 0 Å². The van der Waals surface area contributed by atoms with Crippen molar-refractivity contribution >= 4 is 5.69 Å². The average Bonchev–Trinajstić information content (AvgIpc) is 2.59. The molecular formula is C11H16N2O. The number of fused-ring (bicyclic) bond motifs is 1. The summed E-state index contributed by atoms with van der Waals surface area (Å²) in [6.07, 6.45) is 1.09. The number of hydroxylamine groups is 2. The Hall–Kier alpha value is -1.06. The smallest absolute Gasteiger partial charge is 0.0575 e. The Labute approximate surface area is 84.6 Å². The first-order valence-electron chi connectivity index (χ1n) is 4.89. The van der Waals surface area contributed by atoms with Gasteiger partial charge in [-0.2, -0.15) is 5.06 Å². The SMILES string of the molecule is CON(C)CC1Cc2ccccc2N1. The van der Waals surface area contributed by atoms with Crippen molar-refractivity contribution in [3.8, 4) is 0 Å². The van der Waals surface area contributed by atoms with E-state index in [4.69, 9.17) is 4.84 Å². The van der Waals surface area contributed by atoms with Gasteiger partial charge in [0.25, 0.3) is 0 Å². The highest BCUT2D eigenvalue weighted by Gasteiger charge is 2.20. The molecule has 14 heavy (non-hydrogen) atoms. The summed E-state index contributed by atoms with van der Waals surface area (Å²) >= 11 is 0. The molecule has 0 bridgehead atoms. The summed E-state index contributed by atoms with van der Waals surface area (Å²) in [6.45, 7) is 0.908. The molecule has 0 aromatic heterocycles. The summed E-state index contributed by atoms with van der Waals surface area (Å²) in [5.74, 6) is 0. The van der Waals surface area contributed by atoms with E-state index in [-0.39, 0.29) is 0 Å². The van der Waals surface area contributed by atoms with E-state index >= 15 is 0 Å². The van der Waals surface area contributed by atoms with Crippen LogP contribution in [0.15, 0.2) is 24.3 Å². The number of benzene rings is 1. The minimum absolute atomic E-state index is 0.470. The fourth-order valence-electron chi connectivity index (χ4n) is 1.87. The van der Waals surface area contributed by atoms with Crippen molar-refractivity contribution < 1.29 is 4.84 Å². The topological polar surface area (TPSA) is 24.5 Å². The Balaban J connectivity index is 1.98. The monoisotopic (exact) mass is 192 g/mol. The highest BCUT2D eigenvalue weighted by molar-refractivity contribution is 5.56. The molecule has 1 atom stereocenters. The molecule has 0 saturated carbocycles. The summed E-state index contributed by atoms with van der Waals surface area (Å²) in [4.78, 5) is 5.10. The van der Waals surface area contributed by atoms with E-state index in [0.29, 0.717) is 6.04 Å². The van der Waals surface area contributed by atoms with E-state index in [9.17, 15) is 0 Å². The van der Waals surface area contributed by atoms with Crippen LogP contribution in [0.4, 0.5) is 5.69 Å². The Kier molecular flexibility index (Phi) is 2.70. The molecule has 76 valence electrons. The van der Waals surface area contributed by atoms with E-state index in [0.717, 1.165) is 13.0 Å². The van der Waals surface area contributed by atoms with Crippen LogP contribution in [0, 0.1) is 0 Å². The minimum atomic E-state index is 0.470. The third-order valence-corrected chi connectivity index (χ3v) is 2.63. The fraction of sp³-hybridized carbons (Fsp3) is 0.455. The first kappa shape index (κ1) is 9.49. The van der Waals surface area contributed by atoms with Gasteiger partial charge in [-0.1, -0.05) is 18.2 Å². The van der Waals surface area contributed by atoms with Crippen molar-refractivity contribution in [1.82, 2.24) is 5.06 Å². The molecule has 0 fully saturated rings. The molecule has 1 aromatic carbocycles. The number of hydrogen-bond donors (Lipinski definition) is 1. The number of nitrogens with zero attached hydrogens (tertiary/aromatic N) is 1. The van der Waals surface area contributed by atoms with E-state index in [1.165, 1.54) is 11.3 Å². The van der Waals surface area contributed by atoms with E-state index in [1.807, 2.05) is 12.1 Å². The number of rotatable bonds is 3. The van der Waals surface area contributed by atoms with Crippen molar-refractivity contribution in [3.05, 3.63) is 29.8 Å². The highest BCUT2D eigenvalue weighted by Crippen LogP contribution is 2.25. The van der Waals surface area contributed by atoms with Crippen LogP contribution in [-0.4, -0.2) is 31.8 Å². The normalized spacial score (nSPS) is 19.5. The van der Waals surface area contributed by atoms with Crippen LogP contribution in [0.1, 0.15) is 5.56 Å². The third kappa shape index (κ3) is 1.89. The maximum Gasteiger partial charge on any atom is 0.0575 e. The van der Waals surface area contributed by atoms with Gasteiger partial charge in [-0.3, -0.25) is 0 Å². The van der Waals surface area contributed by atoms with Crippen molar-refractivity contribution in [3.63, 3.8) is 0 Å². The molecule has 3 nitrogen and oxygen atoms in total. The molecule has 0 amide bonds. The van der Waals surface area contributed by atoms with Gasteiger partial charge in [0.05, 0.1) is 7.11 Å². The van der Waals surface area contributed by atoms with Crippen LogP contribution in [0.25, 0.3) is 0 Å². The second-order valence-electron chi connectivity index (χ2n) is 3.70. The number of likely N-dealkylation sites (N-methyl/N-ethyl adjacent to an activating group) is 1.